The highest BCUT2D eigenvalue weighted by Gasteiger charge is 2.14. The van der Waals surface area contributed by atoms with E-state index in [4.69, 9.17) is 10.5 Å². The van der Waals surface area contributed by atoms with Gasteiger partial charge in [-0.15, -0.1) is 0 Å². The first-order valence-electron chi connectivity index (χ1n) is 6.43. The number of carbonyl (C=O) groups excluding carboxylic acids is 1. The minimum Gasteiger partial charge on any atom is -0.384 e. The van der Waals surface area contributed by atoms with Gasteiger partial charge in [-0.05, 0) is 30.4 Å². The van der Waals surface area contributed by atoms with Crippen LogP contribution in [0.3, 0.4) is 0 Å². The average Bonchev–Trinajstić information content (AvgIpc) is 2.38. The SMILES string of the molecule is NC(=O)Cc1ccccc1NCC1CCCOC1. The number of benzene rings is 1. The van der Waals surface area contributed by atoms with E-state index in [1.165, 1.54) is 6.42 Å². The Morgan fingerprint density at radius 1 is 1.44 bits per heavy atom. The number of hydrogen-bond donors (Lipinski definition) is 2. The topological polar surface area (TPSA) is 64.4 Å². The van der Waals surface area contributed by atoms with E-state index in [9.17, 15) is 4.79 Å². The summed E-state index contributed by atoms with van der Waals surface area (Å²) in [5.74, 6) is 0.255. The summed E-state index contributed by atoms with van der Waals surface area (Å²) in [6.45, 7) is 2.59. The van der Waals surface area contributed by atoms with Crippen molar-refractivity contribution in [3.05, 3.63) is 29.8 Å². The fourth-order valence-electron chi connectivity index (χ4n) is 2.26. The fourth-order valence-corrected chi connectivity index (χ4v) is 2.26. The maximum atomic E-state index is 11.0. The Bertz CT molecular complexity index is 401. The maximum Gasteiger partial charge on any atom is 0.221 e. The summed E-state index contributed by atoms with van der Waals surface area (Å²) in [7, 11) is 0. The van der Waals surface area contributed by atoms with Crippen molar-refractivity contribution in [2.24, 2.45) is 11.7 Å². The zero-order valence-corrected chi connectivity index (χ0v) is 10.5. The Balaban J connectivity index is 1.93. The molecule has 4 heteroatoms. The number of rotatable bonds is 5. The van der Waals surface area contributed by atoms with E-state index in [2.05, 4.69) is 5.32 Å². The zero-order valence-electron chi connectivity index (χ0n) is 10.5. The van der Waals surface area contributed by atoms with Gasteiger partial charge in [0.25, 0.3) is 0 Å². The predicted molar refractivity (Wildman–Crippen MR) is 71.4 cm³/mol. The van der Waals surface area contributed by atoms with E-state index in [0.717, 1.165) is 37.4 Å². The molecule has 4 nitrogen and oxygen atoms in total. The number of para-hydroxylation sites is 1. The Labute approximate surface area is 108 Å². The van der Waals surface area contributed by atoms with Gasteiger partial charge in [0.2, 0.25) is 5.91 Å². The lowest BCUT2D eigenvalue weighted by atomic mass is 10.0. The second-order valence-corrected chi connectivity index (χ2v) is 4.76. The number of nitrogens with one attached hydrogen (secondary N) is 1. The van der Waals surface area contributed by atoms with Crippen LogP contribution in [0.5, 0.6) is 0 Å². The van der Waals surface area contributed by atoms with Crippen molar-refractivity contribution in [1.82, 2.24) is 0 Å². The molecule has 1 saturated heterocycles. The Hall–Kier alpha value is -1.55. The molecule has 1 heterocycles. The van der Waals surface area contributed by atoms with Crippen LogP contribution in [-0.2, 0) is 16.0 Å². The lowest BCUT2D eigenvalue weighted by Crippen LogP contribution is -2.25. The quantitative estimate of drug-likeness (QED) is 0.831. The molecule has 0 saturated carbocycles. The molecule has 18 heavy (non-hydrogen) atoms. The van der Waals surface area contributed by atoms with Crippen LogP contribution in [0.25, 0.3) is 0 Å². The second kappa shape index (κ2) is 6.40. The summed E-state index contributed by atoms with van der Waals surface area (Å²) in [5.41, 5.74) is 7.21. The van der Waals surface area contributed by atoms with Crippen LogP contribution in [0.2, 0.25) is 0 Å². The number of ether oxygens (including phenoxy) is 1. The van der Waals surface area contributed by atoms with Gasteiger partial charge in [-0.3, -0.25) is 4.79 Å². The third kappa shape index (κ3) is 3.74. The summed E-state index contributed by atoms with van der Waals surface area (Å²) in [6.07, 6.45) is 2.62. The van der Waals surface area contributed by atoms with Crippen LogP contribution in [0.15, 0.2) is 24.3 Å². The van der Waals surface area contributed by atoms with Crippen molar-refractivity contribution in [3.63, 3.8) is 0 Å². The van der Waals surface area contributed by atoms with E-state index < -0.39 is 0 Å². The van der Waals surface area contributed by atoms with Gasteiger partial charge in [0.1, 0.15) is 0 Å². The summed E-state index contributed by atoms with van der Waals surface area (Å²) in [6, 6.07) is 7.81. The van der Waals surface area contributed by atoms with Crippen LogP contribution in [0.4, 0.5) is 5.69 Å². The minimum atomic E-state index is -0.301. The molecule has 1 amide bonds. The normalized spacial score (nSPS) is 19.4. The highest BCUT2D eigenvalue weighted by atomic mass is 16.5. The molecular formula is C14H20N2O2. The predicted octanol–water partition coefficient (Wildman–Crippen LogP) is 1.55. The molecule has 1 aromatic carbocycles. The molecule has 2 rings (SSSR count). The summed E-state index contributed by atoms with van der Waals surface area (Å²) < 4.78 is 5.45. The van der Waals surface area contributed by atoms with Crippen LogP contribution in [-0.4, -0.2) is 25.7 Å². The first-order valence-corrected chi connectivity index (χ1v) is 6.43. The van der Waals surface area contributed by atoms with Gasteiger partial charge >= 0.3 is 0 Å². The lowest BCUT2D eigenvalue weighted by molar-refractivity contribution is -0.117. The Kier molecular flexibility index (Phi) is 4.59. The molecule has 1 aromatic rings. The van der Waals surface area contributed by atoms with Crippen molar-refractivity contribution < 1.29 is 9.53 Å². The number of nitrogens with two attached hydrogens (primary N) is 1. The van der Waals surface area contributed by atoms with Crippen molar-refractivity contribution in [2.75, 3.05) is 25.1 Å². The molecule has 98 valence electrons. The van der Waals surface area contributed by atoms with Crippen LogP contribution >= 0.6 is 0 Å². The fraction of sp³-hybridized carbons (Fsp3) is 0.500. The van der Waals surface area contributed by atoms with Crippen molar-refractivity contribution >= 4 is 11.6 Å². The number of carbonyl (C=O) groups is 1. The van der Waals surface area contributed by atoms with Crippen molar-refractivity contribution in [3.8, 4) is 0 Å². The highest BCUT2D eigenvalue weighted by molar-refractivity contribution is 5.78. The zero-order chi connectivity index (χ0) is 12.8. The molecule has 0 spiro atoms. The van der Waals surface area contributed by atoms with Crippen LogP contribution in [0.1, 0.15) is 18.4 Å². The number of amides is 1. The molecule has 1 atom stereocenters. The first kappa shape index (κ1) is 12.9. The van der Waals surface area contributed by atoms with E-state index in [0.29, 0.717) is 5.92 Å². The smallest absolute Gasteiger partial charge is 0.221 e. The molecule has 0 radical (unpaired) electrons. The summed E-state index contributed by atoms with van der Waals surface area (Å²) in [4.78, 5) is 11.0. The summed E-state index contributed by atoms with van der Waals surface area (Å²) >= 11 is 0. The minimum absolute atomic E-state index is 0.282. The van der Waals surface area contributed by atoms with E-state index in [1.54, 1.807) is 0 Å². The lowest BCUT2D eigenvalue weighted by Gasteiger charge is -2.23. The summed E-state index contributed by atoms with van der Waals surface area (Å²) in [5, 5.41) is 3.40. The largest absolute Gasteiger partial charge is 0.384 e. The van der Waals surface area contributed by atoms with Gasteiger partial charge in [0.05, 0.1) is 13.0 Å². The molecule has 1 unspecified atom stereocenters. The van der Waals surface area contributed by atoms with Gasteiger partial charge in [0.15, 0.2) is 0 Å². The highest BCUT2D eigenvalue weighted by Crippen LogP contribution is 2.18. The standard InChI is InChI=1S/C14H20N2O2/c15-14(17)8-12-5-1-2-6-13(12)16-9-11-4-3-7-18-10-11/h1-2,5-6,11,16H,3-4,7-10H2,(H2,15,17). The molecule has 3 N–H and O–H groups in total. The van der Waals surface area contributed by atoms with Gasteiger partial charge in [-0.1, -0.05) is 18.2 Å². The number of anilines is 1. The van der Waals surface area contributed by atoms with E-state index in [-0.39, 0.29) is 12.3 Å². The van der Waals surface area contributed by atoms with Gasteiger partial charge < -0.3 is 15.8 Å². The molecule has 0 aromatic heterocycles. The van der Waals surface area contributed by atoms with Crippen LogP contribution in [0, 0.1) is 5.92 Å². The third-order valence-electron chi connectivity index (χ3n) is 3.22. The maximum absolute atomic E-state index is 11.0. The molecule has 1 fully saturated rings. The van der Waals surface area contributed by atoms with Gasteiger partial charge in [-0.2, -0.15) is 0 Å². The Morgan fingerprint density at radius 2 is 2.28 bits per heavy atom. The third-order valence-corrected chi connectivity index (χ3v) is 3.22. The van der Waals surface area contributed by atoms with Crippen molar-refractivity contribution in [2.45, 2.75) is 19.3 Å². The number of primary amides is 1. The monoisotopic (exact) mass is 248 g/mol. The molecule has 1 aliphatic heterocycles. The second-order valence-electron chi connectivity index (χ2n) is 4.76. The van der Waals surface area contributed by atoms with Gasteiger partial charge in [0, 0.05) is 18.8 Å². The molecule has 0 aliphatic carbocycles. The molecule has 0 bridgehead atoms. The van der Waals surface area contributed by atoms with Crippen LogP contribution < -0.4 is 11.1 Å². The van der Waals surface area contributed by atoms with E-state index >= 15 is 0 Å². The van der Waals surface area contributed by atoms with Gasteiger partial charge in [-0.25, -0.2) is 0 Å². The van der Waals surface area contributed by atoms with E-state index in [1.807, 2.05) is 24.3 Å². The number of hydrogen-bond acceptors (Lipinski definition) is 3. The molecule has 1 aliphatic rings. The molecular weight excluding hydrogens is 228 g/mol. The average molecular weight is 248 g/mol. The first-order chi connectivity index (χ1) is 8.75. The van der Waals surface area contributed by atoms with Crippen molar-refractivity contribution in [1.29, 1.82) is 0 Å². The Morgan fingerprint density at radius 3 is 3.00 bits per heavy atom.